The SMILES string of the molecule is O=C([O-])c1ccc[nH+]c1.O=C([O-])c1ccc[nH+]c1.O=C([O-])c1ccccc1C(=O)[O-].O=C([O-])c1ccccc1C(=O)[O-].[O-2].[O-2].[O-2].[O-2].[OH3+].[OH3+].[U].[U]. The van der Waals surface area contributed by atoms with Crippen molar-refractivity contribution >= 4 is 35.8 Å². The summed E-state index contributed by atoms with van der Waals surface area (Å²) in [6.45, 7) is 0. The van der Waals surface area contributed by atoms with Crippen molar-refractivity contribution in [1.82, 2.24) is 0 Å². The molecule has 2 heterocycles. The molecular formula is C28H24N2O18U2-10. The molecule has 2 aromatic heterocycles. The van der Waals surface area contributed by atoms with Crippen LogP contribution in [0.4, 0.5) is 0 Å². The fraction of sp³-hybridized carbons (Fsp3) is 0. The first-order valence-electron chi connectivity index (χ1n) is 11.2. The molecule has 50 heavy (non-hydrogen) atoms. The first-order chi connectivity index (χ1) is 19.9. The molecule has 22 heteroatoms. The summed E-state index contributed by atoms with van der Waals surface area (Å²) in [6.07, 6.45) is 6.00. The van der Waals surface area contributed by atoms with E-state index in [1.54, 1.807) is 24.5 Å². The van der Waals surface area contributed by atoms with E-state index in [2.05, 4.69) is 9.97 Å². The number of carboxylic acid groups (broad SMARTS) is 6. The number of carbonyl (C=O) groups excluding carboxylic acids is 6. The average Bonchev–Trinajstić information content (AvgIpc) is 2.99. The average molecular weight is 1150 g/mol. The topological polar surface area (TPSA) is 449 Å². The molecule has 0 fully saturated rings. The van der Waals surface area contributed by atoms with Crippen LogP contribution in [0, 0.1) is 62.2 Å². The van der Waals surface area contributed by atoms with Gasteiger partial charge in [0, 0.05) is 96.6 Å². The van der Waals surface area contributed by atoms with Gasteiger partial charge in [-0.3, -0.25) is 0 Å². The second-order valence-electron chi connectivity index (χ2n) is 7.40. The van der Waals surface area contributed by atoms with Gasteiger partial charge in [0.15, 0.2) is 24.8 Å². The van der Waals surface area contributed by atoms with Crippen LogP contribution in [0.1, 0.15) is 62.1 Å². The molecule has 4 aromatic rings. The standard InChI is InChI=1S/2C8H6O4.2C6H5NO2.2H2O.4O.2U/c2*9-7(10)5-3-1-2-4-6(5)8(11)12;2*8-6(9)5-2-1-3-7-4-5;;;;;;;;/h2*1-4H,(H,9,10)(H,11,12);2*1-4H,(H,8,9);2*1H2;;;;;;/q;;;;;;4*-2;;/p-2. The summed E-state index contributed by atoms with van der Waals surface area (Å²) < 4.78 is 0. The van der Waals surface area contributed by atoms with E-state index in [0.717, 1.165) is 24.3 Å². The van der Waals surface area contributed by atoms with Gasteiger partial charge in [0.25, 0.3) is 0 Å². The van der Waals surface area contributed by atoms with E-state index < -0.39 is 35.8 Å². The molecule has 4 rings (SSSR count). The van der Waals surface area contributed by atoms with Crippen LogP contribution in [0.5, 0.6) is 0 Å². The molecule has 0 aliphatic heterocycles. The summed E-state index contributed by atoms with van der Waals surface area (Å²) in [4.78, 5) is 66.7. The van der Waals surface area contributed by atoms with Crippen molar-refractivity contribution < 1.29 is 164 Å². The van der Waals surface area contributed by atoms with E-state index in [1.807, 2.05) is 0 Å². The largest absolute Gasteiger partial charge is 2.00 e. The summed E-state index contributed by atoms with van der Waals surface area (Å²) in [6, 6.07) is 16.4. The molecule has 0 aliphatic carbocycles. The molecular weight excluding hydrogens is 1130 g/mol. The number of nitrogens with one attached hydrogen (secondary N) is 2. The number of benzene rings is 2. The molecule has 0 aliphatic rings. The van der Waals surface area contributed by atoms with Crippen molar-refractivity contribution in [2.45, 2.75) is 0 Å². The number of rotatable bonds is 6. The molecule has 0 spiro atoms. The van der Waals surface area contributed by atoms with Gasteiger partial charge in [0.05, 0.1) is 46.9 Å². The molecule has 0 saturated heterocycles. The van der Waals surface area contributed by atoms with Crippen molar-refractivity contribution in [1.29, 1.82) is 0 Å². The monoisotopic (exact) mass is 1150 g/mol. The minimum atomic E-state index is -1.52. The van der Waals surface area contributed by atoms with Crippen LogP contribution in [-0.2, 0) is 32.9 Å². The zero-order valence-corrected chi connectivity index (χ0v) is 33.3. The maximum atomic E-state index is 10.3. The molecule has 0 amide bonds. The number of aromatic carboxylic acids is 6. The van der Waals surface area contributed by atoms with Crippen molar-refractivity contribution in [3.63, 3.8) is 0 Å². The number of aromatic nitrogens is 2. The summed E-state index contributed by atoms with van der Waals surface area (Å²) in [5, 5.41) is 61.4. The fourth-order valence-electron chi connectivity index (χ4n) is 2.72. The van der Waals surface area contributed by atoms with E-state index >= 15 is 0 Å². The molecule has 2 aromatic carbocycles. The molecule has 20 nitrogen and oxygen atoms in total. The van der Waals surface area contributed by atoms with Crippen LogP contribution >= 0.6 is 0 Å². The number of H-pyrrole nitrogens is 2. The van der Waals surface area contributed by atoms with Gasteiger partial charge in [0.2, 0.25) is 0 Å². The number of pyridine rings is 2. The zero-order chi connectivity index (χ0) is 31.7. The van der Waals surface area contributed by atoms with Gasteiger partial charge in [-0.1, -0.05) is 48.5 Å². The minimum absolute atomic E-state index is 0. The Kier molecular flexibility index (Phi) is 43.9. The smallest absolute Gasteiger partial charge is 0.176 e. The van der Waals surface area contributed by atoms with Crippen LogP contribution in [0.15, 0.2) is 97.6 Å². The second kappa shape index (κ2) is 34.3. The normalized spacial score (nSPS) is 7.68. The van der Waals surface area contributed by atoms with Gasteiger partial charge in [-0.25, -0.2) is 9.97 Å². The quantitative estimate of drug-likeness (QED) is 0.163. The Bertz CT molecular complexity index is 1380. The number of aromatic amines is 2. The van der Waals surface area contributed by atoms with Gasteiger partial charge < -0.3 is 92.3 Å². The first kappa shape index (κ1) is 64.0. The van der Waals surface area contributed by atoms with Crippen LogP contribution in [0.3, 0.4) is 0 Å². The number of hydrogen-bond acceptors (Lipinski definition) is 12. The van der Waals surface area contributed by atoms with Gasteiger partial charge in [-0.15, -0.1) is 0 Å². The third-order valence-electron chi connectivity index (χ3n) is 4.62. The van der Waals surface area contributed by atoms with Gasteiger partial charge >= 0.3 is 0 Å². The summed E-state index contributed by atoms with van der Waals surface area (Å²) in [7, 11) is 0. The molecule has 0 bridgehead atoms. The third kappa shape index (κ3) is 23.7. The molecule has 8 N–H and O–H groups in total. The Hall–Kier alpha value is -4.58. The summed E-state index contributed by atoms with van der Waals surface area (Å²) in [5.74, 6) is -8.40. The maximum Gasteiger partial charge on any atom is 0.176 e. The Labute approximate surface area is 329 Å². The minimum Gasteiger partial charge on any atom is -2.00 e. The van der Waals surface area contributed by atoms with Crippen LogP contribution in [-0.4, -0.2) is 35.8 Å². The Balaban J connectivity index is -0.0000000749. The van der Waals surface area contributed by atoms with E-state index in [1.165, 1.54) is 48.8 Å². The zero-order valence-electron chi connectivity index (χ0n) is 24.9. The number of carbonyl (C=O) groups is 6. The fourth-order valence-corrected chi connectivity index (χ4v) is 2.72. The second-order valence-corrected chi connectivity index (χ2v) is 7.40. The summed E-state index contributed by atoms with van der Waals surface area (Å²) >= 11 is 0. The number of hydrogen-bond donors (Lipinski definition) is 0. The molecule has 0 radical (unpaired) electrons. The first-order valence-corrected chi connectivity index (χ1v) is 11.2. The van der Waals surface area contributed by atoms with Crippen molar-refractivity contribution in [2.75, 3.05) is 0 Å². The molecule has 0 unspecified atom stereocenters. The Morgan fingerprint density at radius 1 is 0.380 bits per heavy atom. The predicted octanol–water partition coefficient (Wildman–Crippen LogP) is -7.76. The van der Waals surface area contributed by atoms with Gasteiger partial charge in [0.1, 0.15) is 0 Å². The predicted molar refractivity (Wildman–Crippen MR) is 137 cm³/mol. The number of carboxylic acids is 6. The van der Waals surface area contributed by atoms with E-state index in [0.29, 0.717) is 0 Å². The van der Waals surface area contributed by atoms with Crippen LogP contribution in [0.2, 0.25) is 0 Å². The van der Waals surface area contributed by atoms with Crippen molar-refractivity contribution in [3.8, 4) is 0 Å². The van der Waals surface area contributed by atoms with Crippen LogP contribution in [0.25, 0.3) is 0 Å². The van der Waals surface area contributed by atoms with Crippen molar-refractivity contribution in [2.24, 2.45) is 0 Å². The molecule has 0 saturated carbocycles. The van der Waals surface area contributed by atoms with E-state index in [-0.39, 0.29) is 128 Å². The van der Waals surface area contributed by atoms with Crippen molar-refractivity contribution in [3.05, 3.63) is 131 Å². The van der Waals surface area contributed by atoms with Gasteiger partial charge in [-0.05, 0) is 12.1 Å². The van der Waals surface area contributed by atoms with Gasteiger partial charge in [-0.2, -0.15) is 0 Å². The third-order valence-corrected chi connectivity index (χ3v) is 4.62. The molecule has 272 valence electrons. The van der Waals surface area contributed by atoms with E-state index in [9.17, 15) is 59.4 Å². The van der Waals surface area contributed by atoms with Crippen LogP contribution < -0.4 is 40.6 Å². The Morgan fingerprint density at radius 3 is 0.720 bits per heavy atom. The molecule has 0 atom stereocenters. The Morgan fingerprint density at radius 2 is 0.600 bits per heavy atom. The maximum absolute atomic E-state index is 10.3. The van der Waals surface area contributed by atoms with E-state index in [4.69, 9.17) is 0 Å². The summed E-state index contributed by atoms with van der Waals surface area (Å²) in [5.41, 5.74) is -1.12.